The minimum Gasteiger partial charge on any atom is -0.399 e. The Balaban J connectivity index is 1.97. The lowest BCUT2D eigenvalue weighted by molar-refractivity contribution is -0.130. The number of aromatic nitrogens is 1. The fraction of sp³-hybridized carbons (Fsp3) is 0.292. The number of nitrogens with one attached hydrogen (secondary N) is 1. The van der Waals surface area contributed by atoms with Gasteiger partial charge in [0.15, 0.2) is 0 Å². The number of unbranched alkanes of at least 4 members (excludes halogenated alkanes) is 1. The van der Waals surface area contributed by atoms with Crippen molar-refractivity contribution < 1.29 is 13.6 Å². The van der Waals surface area contributed by atoms with Gasteiger partial charge in [-0.3, -0.25) is 4.79 Å². The highest BCUT2D eigenvalue weighted by Crippen LogP contribution is 2.42. The van der Waals surface area contributed by atoms with E-state index < -0.39 is 23.6 Å². The number of amides is 1. The van der Waals surface area contributed by atoms with Crippen molar-refractivity contribution in [2.75, 3.05) is 5.73 Å². The number of anilines is 1. The Morgan fingerprint density at radius 1 is 1.30 bits per heavy atom. The van der Waals surface area contributed by atoms with Gasteiger partial charge in [0.25, 0.3) is 5.91 Å². The monoisotopic (exact) mass is 407 g/mol. The summed E-state index contributed by atoms with van der Waals surface area (Å²) in [4.78, 5) is 17.7. The number of nitrogens with zero attached hydrogens (tertiary/aromatic N) is 1. The molecule has 4 rings (SSSR count). The quantitative estimate of drug-likeness (QED) is 0.487. The molecule has 2 atom stereocenters. The van der Waals surface area contributed by atoms with Gasteiger partial charge in [0.1, 0.15) is 11.6 Å². The molecule has 1 aromatic heterocycles. The first-order valence-corrected chi connectivity index (χ1v) is 10.1. The van der Waals surface area contributed by atoms with Crippen LogP contribution in [-0.2, 0) is 11.2 Å². The number of rotatable bonds is 4. The van der Waals surface area contributed by atoms with Crippen molar-refractivity contribution in [2.45, 2.75) is 44.7 Å². The van der Waals surface area contributed by atoms with Gasteiger partial charge in [-0.25, -0.2) is 8.78 Å². The lowest BCUT2D eigenvalue weighted by atomic mass is 9.86. The highest BCUT2D eigenvalue weighted by atomic mass is 19.1. The number of H-pyrrole nitrogens is 1. The maximum atomic E-state index is 14.5. The van der Waals surface area contributed by atoms with Crippen LogP contribution < -0.4 is 5.73 Å². The van der Waals surface area contributed by atoms with Crippen molar-refractivity contribution in [1.29, 1.82) is 0 Å². The molecule has 154 valence electrons. The second kappa shape index (κ2) is 7.83. The molecule has 2 heterocycles. The number of carbonyl (C=O) groups excluding carboxylic acids is 1. The van der Waals surface area contributed by atoms with Crippen molar-refractivity contribution in [3.05, 3.63) is 64.9 Å². The number of carbonyl (C=O) groups is 1. The second-order valence-electron chi connectivity index (χ2n) is 7.75. The maximum absolute atomic E-state index is 14.5. The third kappa shape index (κ3) is 3.30. The van der Waals surface area contributed by atoms with Crippen molar-refractivity contribution in [1.82, 2.24) is 9.88 Å². The molecule has 0 aliphatic carbocycles. The molecular weight excluding hydrogens is 384 g/mol. The molecule has 0 saturated heterocycles. The number of benzene rings is 2. The molecular formula is C24H23F2N3O. The molecule has 30 heavy (non-hydrogen) atoms. The van der Waals surface area contributed by atoms with Gasteiger partial charge in [-0.1, -0.05) is 31.9 Å². The predicted molar refractivity (Wildman–Crippen MR) is 114 cm³/mol. The van der Waals surface area contributed by atoms with Crippen LogP contribution in [0.25, 0.3) is 10.9 Å². The number of hydrogen-bond donors (Lipinski definition) is 2. The standard InChI is InChI=1S/C24H23F2N3O/c1-3-5-6-17-13-19-18-11-15(25)12-20(26)22(18)28-23(19)24(29(17)21(30)4-2)14-7-9-16(27)10-8-14/h2,7-12,17,24,28H,3,5-6,13,27H2,1H3/t17-,24-/m0/s1. The average molecular weight is 407 g/mol. The number of halogens is 2. The first-order valence-electron chi connectivity index (χ1n) is 10.1. The predicted octanol–water partition coefficient (Wildman–Crippen LogP) is 4.69. The van der Waals surface area contributed by atoms with Gasteiger partial charge < -0.3 is 15.6 Å². The molecule has 4 nitrogen and oxygen atoms in total. The SMILES string of the molecule is C#CC(=O)N1[C@@H](CCCC)Cc2c([nH]c3c(F)cc(F)cc23)[C@@H]1c1ccc(N)cc1. The maximum Gasteiger partial charge on any atom is 0.299 e. The van der Waals surface area contributed by atoms with E-state index in [1.807, 2.05) is 12.1 Å². The van der Waals surface area contributed by atoms with Crippen LogP contribution in [0.1, 0.15) is 49.0 Å². The summed E-state index contributed by atoms with van der Waals surface area (Å²) in [7, 11) is 0. The van der Waals surface area contributed by atoms with Crippen LogP contribution in [0, 0.1) is 24.0 Å². The molecule has 3 N–H and O–H groups in total. The van der Waals surface area contributed by atoms with Crippen LogP contribution in [0.3, 0.4) is 0 Å². The molecule has 0 radical (unpaired) electrons. The van der Waals surface area contributed by atoms with E-state index in [0.717, 1.165) is 36.5 Å². The van der Waals surface area contributed by atoms with Crippen LogP contribution in [0.4, 0.5) is 14.5 Å². The van der Waals surface area contributed by atoms with Crippen LogP contribution in [0.2, 0.25) is 0 Å². The Morgan fingerprint density at radius 2 is 2.03 bits per heavy atom. The highest BCUT2D eigenvalue weighted by molar-refractivity contribution is 5.95. The van der Waals surface area contributed by atoms with Gasteiger partial charge in [-0.2, -0.15) is 0 Å². The van der Waals surface area contributed by atoms with Crippen molar-refractivity contribution in [3.63, 3.8) is 0 Å². The summed E-state index contributed by atoms with van der Waals surface area (Å²) in [6.07, 6.45) is 8.62. The number of aromatic amines is 1. The number of nitrogens with two attached hydrogens (primary N) is 1. The molecule has 3 aromatic rings. The molecule has 0 fully saturated rings. The minimum atomic E-state index is -0.657. The number of terminal acetylenes is 1. The van der Waals surface area contributed by atoms with Gasteiger partial charge in [0.05, 0.1) is 11.6 Å². The minimum absolute atomic E-state index is 0.172. The van der Waals surface area contributed by atoms with E-state index in [0.29, 0.717) is 23.2 Å². The molecule has 6 heteroatoms. The summed E-state index contributed by atoms with van der Waals surface area (Å²) in [5.41, 5.74) is 8.98. The number of hydrogen-bond acceptors (Lipinski definition) is 2. The van der Waals surface area contributed by atoms with E-state index in [-0.39, 0.29) is 11.6 Å². The van der Waals surface area contributed by atoms with Gasteiger partial charge in [0.2, 0.25) is 0 Å². The van der Waals surface area contributed by atoms with Crippen LogP contribution in [-0.4, -0.2) is 21.8 Å². The van der Waals surface area contributed by atoms with Gasteiger partial charge in [-0.15, -0.1) is 6.42 Å². The fourth-order valence-electron chi connectivity index (χ4n) is 4.48. The van der Waals surface area contributed by atoms with Crippen molar-refractivity contribution in [2.24, 2.45) is 0 Å². The average Bonchev–Trinajstić information content (AvgIpc) is 3.10. The Hall–Kier alpha value is -3.33. The molecule has 0 bridgehead atoms. The number of nitrogen functional groups attached to an aromatic ring is 1. The zero-order valence-electron chi connectivity index (χ0n) is 16.7. The highest BCUT2D eigenvalue weighted by Gasteiger charge is 2.40. The Morgan fingerprint density at radius 3 is 2.70 bits per heavy atom. The first-order chi connectivity index (χ1) is 14.4. The van der Waals surface area contributed by atoms with Crippen LogP contribution in [0.5, 0.6) is 0 Å². The van der Waals surface area contributed by atoms with Gasteiger partial charge >= 0.3 is 0 Å². The molecule has 1 amide bonds. The van der Waals surface area contributed by atoms with E-state index in [4.69, 9.17) is 12.2 Å². The molecule has 0 saturated carbocycles. The summed E-state index contributed by atoms with van der Waals surface area (Å²) >= 11 is 0. The Bertz CT molecular complexity index is 1140. The topological polar surface area (TPSA) is 62.1 Å². The first kappa shape index (κ1) is 20.0. The summed E-state index contributed by atoms with van der Waals surface area (Å²) in [5.74, 6) is 0.545. The third-order valence-electron chi connectivity index (χ3n) is 5.85. The summed E-state index contributed by atoms with van der Waals surface area (Å²) in [6, 6.07) is 8.70. The lowest BCUT2D eigenvalue weighted by Crippen LogP contribution is -2.47. The fourth-order valence-corrected chi connectivity index (χ4v) is 4.48. The Kier molecular flexibility index (Phi) is 5.21. The van der Waals surface area contributed by atoms with E-state index in [1.54, 1.807) is 17.0 Å². The zero-order chi connectivity index (χ0) is 21.4. The number of fused-ring (bicyclic) bond motifs is 3. The van der Waals surface area contributed by atoms with Crippen LogP contribution >= 0.6 is 0 Å². The van der Waals surface area contributed by atoms with Gasteiger partial charge in [-0.05, 0) is 48.1 Å². The Labute approximate surface area is 174 Å². The summed E-state index contributed by atoms with van der Waals surface area (Å²) < 4.78 is 28.5. The van der Waals surface area contributed by atoms with E-state index in [2.05, 4.69) is 17.8 Å². The van der Waals surface area contributed by atoms with Gasteiger partial charge in [0, 0.05) is 28.9 Å². The van der Waals surface area contributed by atoms with E-state index >= 15 is 0 Å². The second-order valence-corrected chi connectivity index (χ2v) is 7.75. The summed E-state index contributed by atoms with van der Waals surface area (Å²) in [6.45, 7) is 2.08. The molecule has 1 aliphatic rings. The molecule has 2 aromatic carbocycles. The van der Waals surface area contributed by atoms with E-state index in [1.165, 1.54) is 6.07 Å². The molecule has 0 spiro atoms. The third-order valence-corrected chi connectivity index (χ3v) is 5.85. The smallest absolute Gasteiger partial charge is 0.299 e. The largest absolute Gasteiger partial charge is 0.399 e. The van der Waals surface area contributed by atoms with Crippen molar-refractivity contribution >= 4 is 22.5 Å². The normalized spacial score (nSPS) is 18.3. The van der Waals surface area contributed by atoms with Crippen molar-refractivity contribution in [3.8, 4) is 12.3 Å². The molecule has 0 unspecified atom stereocenters. The lowest BCUT2D eigenvalue weighted by Gasteiger charge is -2.41. The van der Waals surface area contributed by atoms with Crippen LogP contribution in [0.15, 0.2) is 36.4 Å². The van der Waals surface area contributed by atoms with E-state index in [9.17, 15) is 13.6 Å². The zero-order valence-corrected chi connectivity index (χ0v) is 16.7. The molecule has 1 aliphatic heterocycles. The summed E-state index contributed by atoms with van der Waals surface area (Å²) in [5, 5.41) is 0.511.